The Kier molecular flexibility index (Phi) is 3.45. The summed E-state index contributed by atoms with van der Waals surface area (Å²) in [6.07, 6.45) is 2.70. The van der Waals surface area contributed by atoms with Gasteiger partial charge >= 0.3 is 0 Å². The number of fused-ring (bicyclic) bond motifs is 1. The molecule has 1 aromatic carbocycles. The van der Waals surface area contributed by atoms with E-state index in [0.717, 1.165) is 12.1 Å². The van der Waals surface area contributed by atoms with E-state index in [1.54, 1.807) is 0 Å². The van der Waals surface area contributed by atoms with Gasteiger partial charge in [-0.15, -0.1) is 11.6 Å². The lowest BCUT2D eigenvalue weighted by molar-refractivity contribution is 0.592. The molecule has 0 aliphatic carbocycles. The Morgan fingerprint density at radius 1 is 1.19 bits per heavy atom. The van der Waals surface area contributed by atoms with Crippen LogP contribution in [0.3, 0.4) is 0 Å². The maximum absolute atomic E-state index is 6.31. The number of hydrogen-bond acceptors (Lipinski definition) is 1. The molecule has 1 nitrogen and oxygen atoms in total. The van der Waals surface area contributed by atoms with Crippen LogP contribution >= 0.6 is 11.6 Å². The fourth-order valence-electron chi connectivity index (χ4n) is 1.77. The third kappa shape index (κ3) is 2.35. The van der Waals surface area contributed by atoms with Gasteiger partial charge in [0.05, 0.1) is 0 Å². The lowest BCUT2D eigenvalue weighted by Crippen LogP contribution is -2.12. The molecule has 0 saturated carbocycles. The first-order valence-corrected chi connectivity index (χ1v) is 6.09. The fraction of sp³-hybridized carbons (Fsp3) is 0.357. The van der Waals surface area contributed by atoms with Crippen LogP contribution in [0, 0.1) is 5.92 Å². The second kappa shape index (κ2) is 4.84. The molecule has 2 rings (SSSR count). The van der Waals surface area contributed by atoms with Gasteiger partial charge in [0, 0.05) is 29.1 Å². The third-order valence-corrected chi connectivity index (χ3v) is 3.53. The van der Waals surface area contributed by atoms with Gasteiger partial charge in [0.2, 0.25) is 0 Å². The van der Waals surface area contributed by atoms with E-state index >= 15 is 0 Å². The Balaban J connectivity index is 2.37. The topological polar surface area (TPSA) is 12.9 Å². The van der Waals surface area contributed by atoms with Gasteiger partial charge in [0.25, 0.3) is 0 Å². The molecule has 1 unspecified atom stereocenters. The highest BCUT2D eigenvalue weighted by atomic mass is 35.5. The molecule has 1 atom stereocenters. The number of nitrogens with zero attached hydrogens (tertiary/aromatic N) is 1. The highest BCUT2D eigenvalue weighted by Gasteiger charge is 2.12. The third-order valence-electron chi connectivity index (χ3n) is 2.87. The maximum atomic E-state index is 6.31. The molecular weight excluding hydrogens is 218 g/mol. The minimum atomic E-state index is 0.151. The average molecular weight is 234 g/mol. The van der Waals surface area contributed by atoms with Crippen molar-refractivity contribution in [3.8, 4) is 0 Å². The summed E-state index contributed by atoms with van der Waals surface area (Å²) in [5, 5.41) is 2.61. The van der Waals surface area contributed by atoms with E-state index in [-0.39, 0.29) is 5.38 Å². The monoisotopic (exact) mass is 233 g/mol. The van der Waals surface area contributed by atoms with E-state index in [1.165, 1.54) is 10.8 Å². The second-order valence-corrected chi connectivity index (χ2v) is 5.00. The van der Waals surface area contributed by atoms with E-state index in [4.69, 9.17) is 11.6 Å². The standard InChI is InChI=1S/C14H16ClN/c1-10(2)13(15)9-14-12-6-4-3-5-11(12)7-8-16-14/h3-8,10,13H,9H2,1-2H3. The van der Waals surface area contributed by atoms with Gasteiger partial charge in [0.15, 0.2) is 0 Å². The molecule has 0 aliphatic heterocycles. The first kappa shape index (κ1) is 11.4. The predicted molar refractivity (Wildman–Crippen MR) is 69.9 cm³/mol. The lowest BCUT2D eigenvalue weighted by atomic mass is 10.0. The van der Waals surface area contributed by atoms with Gasteiger partial charge in [-0.3, -0.25) is 4.98 Å². The Bertz CT molecular complexity index is 474. The summed E-state index contributed by atoms with van der Waals surface area (Å²) in [5.41, 5.74) is 1.10. The Hall–Kier alpha value is -1.08. The SMILES string of the molecule is CC(C)C(Cl)Cc1nccc2ccccc12. The van der Waals surface area contributed by atoms with Crippen LogP contribution < -0.4 is 0 Å². The zero-order chi connectivity index (χ0) is 11.5. The van der Waals surface area contributed by atoms with Crippen molar-refractivity contribution in [2.24, 2.45) is 5.92 Å². The number of benzene rings is 1. The van der Waals surface area contributed by atoms with Gasteiger partial charge in [-0.2, -0.15) is 0 Å². The number of alkyl halides is 1. The Labute approximate surface area is 101 Å². The number of pyridine rings is 1. The van der Waals surface area contributed by atoms with Crippen molar-refractivity contribution in [3.63, 3.8) is 0 Å². The molecule has 0 saturated heterocycles. The Morgan fingerprint density at radius 3 is 2.69 bits per heavy atom. The fourth-order valence-corrected chi connectivity index (χ4v) is 1.91. The van der Waals surface area contributed by atoms with E-state index in [2.05, 4.69) is 31.0 Å². The molecule has 0 fully saturated rings. The van der Waals surface area contributed by atoms with E-state index in [9.17, 15) is 0 Å². The van der Waals surface area contributed by atoms with E-state index < -0.39 is 0 Å². The molecule has 0 amide bonds. The van der Waals surface area contributed by atoms with Gasteiger partial charge < -0.3 is 0 Å². The largest absolute Gasteiger partial charge is 0.261 e. The van der Waals surface area contributed by atoms with Crippen molar-refractivity contribution in [1.29, 1.82) is 0 Å². The normalized spacial score (nSPS) is 13.2. The number of aromatic nitrogens is 1. The maximum Gasteiger partial charge on any atom is 0.0496 e. The van der Waals surface area contributed by atoms with Crippen molar-refractivity contribution >= 4 is 22.4 Å². The number of rotatable bonds is 3. The van der Waals surface area contributed by atoms with E-state index in [0.29, 0.717) is 5.92 Å². The van der Waals surface area contributed by atoms with Crippen molar-refractivity contribution in [2.75, 3.05) is 0 Å². The summed E-state index contributed by atoms with van der Waals surface area (Å²) < 4.78 is 0. The van der Waals surface area contributed by atoms with Crippen LogP contribution in [0.4, 0.5) is 0 Å². The summed E-state index contributed by atoms with van der Waals surface area (Å²) in [6, 6.07) is 10.4. The van der Waals surface area contributed by atoms with Crippen molar-refractivity contribution in [1.82, 2.24) is 4.98 Å². The average Bonchev–Trinajstić information content (AvgIpc) is 2.29. The van der Waals surface area contributed by atoms with E-state index in [1.807, 2.05) is 24.4 Å². The van der Waals surface area contributed by atoms with Crippen molar-refractivity contribution < 1.29 is 0 Å². The van der Waals surface area contributed by atoms with Crippen LogP contribution in [0.2, 0.25) is 0 Å². The molecule has 84 valence electrons. The smallest absolute Gasteiger partial charge is 0.0496 e. The molecule has 0 N–H and O–H groups in total. The van der Waals surface area contributed by atoms with Crippen LogP contribution in [0.1, 0.15) is 19.5 Å². The predicted octanol–water partition coefficient (Wildman–Crippen LogP) is 4.04. The molecule has 2 heteroatoms. The molecule has 1 aromatic heterocycles. The molecular formula is C14H16ClN. The van der Waals surface area contributed by atoms with Gasteiger partial charge in [-0.1, -0.05) is 38.1 Å². The van der Waals surface area contributed by atoms with Crippen molar-refractivity contribution in [2.45, 2.75) is 25.6 Å². The number of hydrogen-bond donors (Lipinski definition) is 0. The van der Waals surface area contributed by atoms with Crippen LogP contribution in [-0.4, -0.2) is 10.4 Å². The Morgan fingerprint density at radius 2 is 1.94 bits per heavy atom. The summed E-state index contributed by atoms with van der Waals surface area (Å²) in [7, 11) is 0. The molecule has 0 spiro atoms. The lowest BCUT2D eigenvalue weighted by Gasteiger charge is -2.13. The van der Waals surface area contributed by atoms with Crippen molar-refractivity contribution in [3.05, 3.63) is 42.2 Å². The summed E-state index contributed by atoms with van der Waals surface area (Å²) in [5.74, 6) is 0.474. The zero-order valence-corrected chi connectivity index (χ0v) is 10.4. The first-order chi connectivity index (χ1) is 7.68. The first-order valence-electron chi connectivity index (χ1n) is 5.65. The highest BCUT2D eigenvalue weighted by molar-refractivity contribution is 6.21. The summed E-state index contributed by atoms with van der Waals surface area (Å²) >= 11 is 6.31. The highest BCUT2D eigenvalue weighted by Crippen LogP contribution is 2.21. The van der Waals surface area contributed by atoms with Crippen LogP contribution in [0.25, 0.3) is 10.8 Å². The molecule has 0 bridgehead atoms. The molecule has 0 radical (unpaired) electrons. The van der Waals surface area contributed by atoms with Gasteiger partial charge in [-0.05, 0) is 17.4 Å². The second-order valence-electron chi connectivity index (χ2n) is 4.44. The van der Waals surface area contributed by atoms with Crippen LogP contribution in [-0.2, 0) is 6.42 Å². The zero-order valence-electron chi connectivity index (χ0n) is 9.65. The quantitative estimate of drug-likeness (QED) is 0.730. The number of halogens is 1. The molecule has 2 aromatic rings. The van der Waals surface area contributed by atoms with Gasteiger partial charge in [-0.25, -0.2) is 0 Å². The molecule has 0 aliphatic rings. The van der Waals surface area contributed by atoms with Gasteiger partial charge in [0.1, 0.15) is 0 Å². The van der Waals surface area contributed by atoms with Crippen LogP contribution in [0.15, 0.2) is 36.5 Å². The summed E-state index contributed by atoms with van der Waals surface area (Å²) in [6.45, 7) is 4.28. The minimum Gasteiger partial charge on any atom is -0.261 e. The molecule has 16 heavy (non-hydrogen) atoms. The minimum absolute atomic E-state index is 0.151. The molecule has 1 heterocycles. The van der Waals surface area contributed by atoms with Crippen LogP contribution in [0.5, 0.6) is 0 Å². The summed E-state index contributed by atoms with van der Waals surface area (Å²) in [4.78, 5) is 4.44.